The van der Waals surface area contributed by atoms with E-state index in [0.29, 0.717) is 36.4 Å². The Morgan fingerprint density at radius 2 is 1.85 bits per heavy atom. The second-order valence-corrected chi connectivity index (χ2v) is 11.2. The Kier molecular flexibility index (Phi) is 6.90. The third kappa shape index (κ3) is 5.63. The van der Waals surface area contributed by atoms with Gasteiger partial charge >= 0.3 is 6.09 Å². The Balaban J connectivity index is 1.35. The van der Waals surface area contributed by atoms with Gasteiger partial charge in [0, 0.05) is 36.8 Å². The van der Waals surface area contributed by atoms with Crippen LogP contribution in [0.5, 0.6) is 5.75 Å². The smallest absolute Gasteiger partial charge is 0.410 e. The van der Waals surface area contributed by atoms with E-state index in [1.165, 1.54) is 0 Å². The summed E-state index contributed by atoms with van der Waals surface area (Å²) >= 11 is 0. The van der Waals surface area contributed by atoms with E-state index in [2.05, 4.69) is 10.3 Å². The predicted octanol–water partition coefficient (Wildman–Crippen LogP) is 5.85. The van der Waals surface area contributed by atoms with E-state index >= 15 is 0 Å². The molecule has 1 unspecified atom stereocenters. The van der Waals surface area contributed by atoms with E-state index in [-0.39, 0.29) is 12.1 Å². The van der Waals surface area contributed by atoms with Crippen molar-refractivity contribution in [3.05, 3.63) is 66.9 Å². The van der Waals surface area contributed by atoms with Gasteiger partial charge in [-0.15, -0.1) is 0 Å². The number of hydrogen-bond donors (Lipinski definition) is 1. The van der Waals surface area contributed by atoms with Crippen LogP contribution in [0.4, 0.5) is 10.7 Å². The second kappa shape index (κ2) is 10.7. The minimum absolute atomic E-state index is 0.00670. The first-order valence-electron chi connectivity index (χ1n) is 13.8. The Hall–Kier alpha value is -4.73. The van der Waals surface area contributed by atoms with Crippen LogP contribution < -0.4 is 10.1 Å². The van der Waals surface area contributed by atoms with Gasteiger partial charge in [0.15, 0.2) is 5.82 Å². The first-order chi connectivity index (χ1) is 19.8. The van der Waals surface area contributed by atoms with Crippen LogP contribution in [0.2, 0.25) is 0 Å². The van der Waals surface area contributed by atoms with Gasteiger partial charge in [-0.05, 0) is 63.9 Å². The molecule has 5 aromatic rings. The molecule has 10 nitrogen and oxygen atoms in total. The molecule has 4 heterocycles. The normalized spacial score (nSPS) is 15.7. The molecule has 1 amide bonds. The van der Waals surface area contributed by atoms with Crippen molar-refractivity contribution in [2.24, 2.45) is 0 Å². The van der Waals surface area contributed by atoms with Gasteiger partial charge in [-0.3, -0.25) is 4.57 Å². The van der Waals surface area contributed by atoms with Gasteiger partial charge in [-0.1, -0.05) is 24.3 Å². The highest BCUT2D eigenvalue weighted by molar-refractivity contribution is 5.86. The quantitative estimate of drug-likeness (QED) is 0.290. The van der Waals surface area contributed by atoms with E-state index in [1.54, 1.807) is 18.2 Å². The van der Waals surface area contributed by atoms with Crippen molar-refractivity contribution < 1.29 is 14.3 Å². The second-order valence-electron chi connectivity index (χ2n) is 11.2. The first kappa shape index (κ1) is 26.5. The van der Waals surface area contributed by atoms with Gasteiger partial charge < -0.3 is 19.7 Å². The highest BCUT2D eigenvalue weighted by Crippen LogP contribution is 2.31. The highest BCUT2D eigenvalue weighted by Gasteiger charge is 2.28. The van der Waals surface area contributed by atoms with Gasteiger partial charge in [0.25, 0.3) is 0 Å². The summed E-state index contributed by atoms with van der Waals surface area (Å²) in [5.41, 5.74) is 2.71. The molecule has 41 heavy (non-hydrogen) atoms. The number of benzene rings is 2. The summed E-state index contributed by atoms with van der Waals surface area (Å²) < 4.78 is 13.1. The molecule has 1 aliphatic heterocycles. The third-order valence-electron chi connectivity index (χ3n) is 6.97. The van der Waals surface area contributed by atoms with E-state index in [9.17, 15) is 4.79 Å². The summed E-state index contributed by atoms with van der Waals surface area (Å²) in [6.45, 7) is 6.81. The Labute approximate surface area is 238 Å². The molecule has 0 radical (unpaired) electrons. The summed E-state index contributed by atoms with van der Waals surface area (Å²) in [5.74, 6) is 2.50. The average Bonchev–Trinajstić information content (AvgIpc) is 3.35. The first-order valence-corrected chi connectivity index (χ1v) is 13.8. The summed E-state index contributed by atoms with van der Waals surface area (Å²) in [4.78, 5) is 33.7. The topological polar surface area (TPSA) is 107 Å². The number of hydrogen-bond acceptors (Lipinski definition) is 8. The molecule has 1 N–H and O–H groups in total. The zero-order valence-electron chi connectivity index (χ0n) is 23.7. The van der Waals surface area contributed by atoms with Crippen molar-refractivity contribution in [3.63, 3.8) is 0 Å². The number of methoxy groups -OCH3 is 1. The standard InChI is InChI=1S/C31H33N7O3/c1-31(2,3)41-30(39)37-17-7-9-21(19-37)33-29-32-16-15-27(36-29)38-26-18-22(40-4)12-14-24(26)35-28(38)25-13-11-20-8-5-6-10-23(20)34-25/h5-6,8,10-16,18,21H,7,9,17,19H2,1-4H3,(H,32,33,36). The lowest BCUT2D eigenvalue weighted by atomic mass is 10.1. The van der Waals surface area contributed by atoms with Gasteiger partial charge in [0.1, 0.15) is 22.9 Å². The van der Waals surface area contributed by atoms with Crippen molar-refractivity contribution in [2.45, 2.75) is 45.3 Å². The Morgan fingerprint density at radius 3 is 2.68 bits per heavy atom. The molecule has 210 valence electrons. The number of anilines is 1. The summed E-state index contributed by atoms with van der Waals surface area (Å²) in [6.07, 6.45) is 3.18. The predicted molar refractivity (Wildman–Crippen MR) is 158 cm³/mol. The SMILES string of the molecule is COc1ccc2nc(-c3ccc4ccccc4n3)n(-c3ccnc(NC4CCCN(C(=O)OC(C)(C)C)C4)n3)c2c1. The lowest BCUT2D eigenvalue weighted by molar-refractivity contribution is 0.0206. The van der Waals surface area contributed by atoms with E-state index in [4.69, 9.17) is 24.4 Å². The van der Waals surface area contributed by atoms with Crippen LogP contribution in [0.25, 0.3) is 39.3 Å². The van der Waals surface area contributed by atoms with Crippen LogP contribution in [-0.2, 0) is 4.74 Å². The molecule has 6 rings (SSSR count). The number of carbonyl (C=O) groups is 1. The number of imidazole rings is 1. The highest BCUT2D eigenvalue weighted by atomic mass is 16.6. The van der Waals surface area contributed by atoms with E-state index < -0.39 is 5.60 Å². The van der Waals surface area contributed by atoms with Crippen molar-refractivity contribution in [3.8, 4) is 23.1 Å². The van der Waals surface area contributed by atoms with Crippen LogP contribution in [-0.4, -0.2) is 67.3 Å². The molecular formula is C31H33N7O3. The number of carbonyl (C=O) groups excluding carboxylic acids is 1. The molecule has 1 fully saturated rings. The minimum atomic E-state index is -0.539. The monoisotopic (exact) mass is 551 g/mol. The molecule has 0 spiro atoms. The number of likely N-dealkylation sites (tertiary alicyclic amines) is 1. The maximum atomic E-state index is 12.7. The fraction of sp³-hybridized carbons (Fsp3) is 0.323. The van der Waals surface area contributed by atoms with Crippen LogP contribution in [0.1, 0.15) is 33.6 Å². The molecule has 3 aromatic heterocycles. The summed E-state index contributed by atoms with van der Waals surface area (Å²) in [6, 6.07) is 19.7. The number of para-hydroxylation sites is 1. The number of fused-ring (bicyclic) bond motifs is 2. The number of nitrogens with zero attached hydrogens (tertiary/aromatic N) is 6. The molecule has 1 atom stereocenters. The van der Waals surface area contributed by atoms with Crippen molar-refractivity contribution in [1.82, 2.24) is 29.4 Å². The molecule has 1 saturated heterocycles. The van der Waals surface area contributed by atoms with Crippen molar-refractivity contribution >= 4 is 34.0 Å². The van der Waals surface area contributed by atoms with Gasteiger partial charge in [0.2, 0.25) is 5.95 Å². The number of piperidine rings is 1. The van der Waals surface area contributed by atoms with Crippen LogP contribution in [0.3, 0.4) is 0 Å². The number of amides is 1. The lowest BCUT2D eigenvalue weighted by Crippen LogP contribution is -2.47. The number of nitrogens with one attached hydrogen (secondary N) is 1. The molecule has 0 saturated carbocycles. The molecule has 0 aliphatic carbocycles. The van der Waals surface area contributed by atoms with Crippen molar-refractivity contribution in [1.29, 1.82) is 0 Å². The molecule has 10 heteroatoms. The number of rotatable bonds is 5. The lowest BCUT2D eigenvalue weighted by Gasteiger charge is -2.34. The molecule has 1 aliphatic rings. The number of ether oxygens (including phenoxy) is 2. The average molecular weight is 552 g/mol. The summed E-state index contributed by atoms with van der Waals surface area (Å²) in [5, 5.41) is 4.50. The Bertz CT molecular complexity index is 1730. The van der Waals surface area contributed by atoms with Gasteiger partial charge in [0.05, 0.1) is 23.7 Å². The summed E-state index contributed by atoms with van der Waals surface area (Å²) in [7, 11) is 1.64. The van der Waals surface area contributed by atoms with Gasteiger partial charge in [-0.2, -0.15) is 4.98 Å². The number of pyridine rings is 1. The van der Waals surface area contributed by atoms with E-state index in [1.807, 2.05) is 86.0 Å². The zero-order chi connectivity index (χ0) is 28.6. The van der Waals surface area contributed by atoms with Crippen LogP contribution in [0.15, 0.2) is 66.9 Å². The van der Waals surface area contributed by atoms with E-state index in [0.717, 1.165) is 40.5 Å². The molecule has 2 aromatic carbocycles. The zero-order valence-corrected chi connectivity index (χ0v) is 23.7. The molecule has 0 bridgehead atoms. The Morgan fingerprint density at radius 1 is 1.00 bits per heavy atom. The third-order valence-corrected chi connectivity index (χ3v) is 6.97. The van der Waals surface area contributed by atoms with Crippen LogP contribution >= 0.6 is 0 Å². The fourth-order valence-electron chi connectivity index (χ4n) is 5.09. The van der Waals surface area contributed by atoms with Gasteiger partial charge in [-0.25, -0.2) is 19.7 Å². The van der Waals surface area contributed by atoms with Crippen molar-refractivity contribution in [2.75, 3.05) is 25.5 Å². The maximum absolute atomic E-state index is 12.7. The minimum Gasteiger partial charge on any atom is -0.497 e. The van der Waals surface area contributed by atoms with Crippen LogP contribution in [0, 0.1) is 0 Å². The molecular weight excluding hydrogens is 518 g/mol. The number of aromatic nitrogens is 5. The maximum Gasteiger partial charge on any atom is 0.410 e. The fourth-order valence-corrected chi connectivity index (χ4v) is 5.09. The largest absolute Gasteiger partial charge is 0.497 e.